The van der Waals surface area contributed by atoms with Gasteiger partial charge in [0.2, 0.25) is 5.91 Å². The number of rotatable bonds is 9. The summed E-state index contributed by atoms with van der Waals surface area (Å²) in [5, 5.41) is 2.79. The van der Waals surface area contributed by atoms with Gasteiger partial charge in [0.15, 0.2) is 0 Å². The number of nitrogens with one attached hydrogen (secondary N) is 1. The van der Waals surface area contributed by atoms with E-state index in [1.54, 1.807) is 29.5 Å². The molecule has 0 aromatic carbocycles. The van der Waals surface area contributed by atoms with Gasteiger partial charge in [0.25, 0.3) is 5.91 Å². The molecule has 0 aliphatic heterocycles. The Morgan fingerprint density at radius 1 is 1.23 bits per heavy atom. The van der Waals surface area contributed by atoms with Crippen molar-refractivity contribution in [2.24, 2.45) is 5.92 Å². The Kier molecular flexibility index (Phi) is 7.32. The number of aryl methyl sites for hydroxylation is 1. The molecule has 0 unspecified atom stereocenters. The first-order valence-corrected chi connectivity index (χ1v) is 8.82. The molecular weight excluding hydrogens is 332 g/mol. The highest BCUT2D eigenvalue weighted by atomic mass is 16.3. The minimum absolute atomic E-state index is 0.126. The fourth-order valence-electron chi connectivity index (χ4n) is 2.32. The summed E-state index contributed by atoms with van der Waals surface area (Å²) in [5.74, 6) is 0.832. The Morgan fingerprint density at radius 3 is 2.65 bits per heavy atom. The van der Waals surface area contributed by atoms with E-state index in [1.807, 2.05) is 6.92 Å². The molecule has 7 nitrogen and oxygen atoms in total. The zero-order valence-electron chi connectivity index (χ0n) is 15.6. The van der Waals surface area contributed by atoms with Gasteiger partial charge in [-0.25, -0.2) is 4.98 Å². The van der Waals surface area contributed by atoms with E-state index in [1.165, 1.54) is 6.20 Å². The molecule has 7 heteroatoms. The maximum atomic E-state index is 12.7. The van der Waals surface area contributed by atoms with Crippen LogP contribution in [-0.4, -0.2) is 39.8 Å². The van der Waals surface area contributed by atoms with Crippen molar-refractivity contribution in [3.05, 3.63) is 47.9 Å². The summed E-state index contributed by atoms with van der Waals surface area (Å²) in [4.78, 5) is 34.7. The molecule has 0 bridgehead atoms. The molecule has 0 aliphatic carbocycles. The minimum Gasteiger partial charge on any atom is -0.467 e. The van der Waals surface area contributed by atoms with Gasteiger partial charge in [0, 0.05) is 25.7 Å². The number of furan rings is 1. The molecule has 0 fully saturated rings. The maximum Gasteiger partial charge on any atom is 0.274 e. The second-order valence-corrected chi connectivity index (χ2v) is 6.62. The van der Waals surface area contributed by atoms with Gasteiger partial charge in [-0.3, -0.25) is 14.6 Å². The third-order valence-electron chi connectivity index (χ3n) is 3.91. The maximum absolute atomic E-state index is 12.7. The van der Waals surface area contributed by atoms with Crippen molar-refractivity contribution in [1.29, 1.82) is 0 Å². The van der Waals surface area contributed by atoms with Crippen molar-refractivity contribution >= 4 is 11.8 Å². The molecule has 0 aliphatic rings. The lowest BCUT2D eigenvalue weighted by Gasteiger charge is -2.23. The number of nitrogens with zero attached hydrogens (tertiary/aromatic N) is 3. The van der Waals surface area contributed by atoms with Crippen molar-refractivity contribution in [1.82, 2.24) is 20.2 Å². The standard InChI is InChI=1S/C19H26N4O3/c1-14(2)6-8-23(19(25)17-13-20-15(3)11-21-17)9-7-18(24)22-12-16-5-4-10-26-16/h4-5,10-11,13-14H,6-9,12H2,1-3H3,(H,22,24). The number of carbonyl (C=O) groups is 2. The smallest absolute Gasteiger partial charge is 0.274 e. The van der Waals surface area contributed by atoms with Crippen LogP contribution in [0.3, 0.4) is 0 Å². The molecule has 140 valence electrons. The number of carbonyl (C=O) groups excluding carboxylic acids is 2. The van der Waals surface area contributed by atoms with Gasteiger partial charge in [-0.2, -0.15) is 0 Å². The van der Waals surface area contributed by atoms with Crippen molar-refractivity contribution in [3.8, 4) is 0 Å². The van der Waals surface area contributed by atoms with E-state index in [0.717, 1.165) is 12.1 Å². The van der Waals surface area contributed by atoms with Crippen molar-refractivity contribution in [2.45, 2.75) is 40.2 Å². The monoisotopic (exact) mass is 358 g/mol. The molecule has 2 heterocycles. The Bertz CT molecular complexity index is 696. The number of aromatic nitrogens is 2. The summed E-state index contributed by atoms with van der Waals surface area (Å²) in [5.41, 5.74) is 1.06. The Labute approximate surface area is 153 Å². The van der Waals surface area contributed by atoms with Crippen LogP contribution in [0.4, 0.5) is 0 Å². The number of hydrogen-bond donors (Lipinski definition) is 1. The summed E-state index contributed by atoms with van der Waals surface area (Å²) in [7, 11) is 0. The summed E-state index contributed by atoms with van der Waals surface area (Å²) < 4.78 is 5.19. The van der Waals surface area contributed by atoms with E-state index in [0.29, 0.717) is 37.0 Å². The zero-order valence-corrected chi connectivity index (χ0v) is 15.6. The molecule has 0 atom stereocenters. The van der Waals surface area contributed by atoms with Gasteiger partial charge in [-0.1, -0.05) is 13.8 Å². The number of amides is 2. The molecule has 2 aromatic rings. The van der Waals surface area contributed by atoms with Gasteiger partial charge in [-0.05, 0) is 31.4 Å². The summed E-state index contributed by atoms with van der Waals surface area (Å²) in [6.45, 7) is 7.29. The van der Waals surface area contributed by atoms with Crippen molar-refractivity contribution in [2.75, 3.05) is 13.1 Å². The van der Waals surface area contributed by atoms with Gasteiger partial charge in [-0.15, -0.1) is 0 Å². The van der Waals surface area contributed by atoms with E-state index in [2.05, 4.69) is 29.1 Å². The SMILES string of the molecule is Cc1cnc(C(=O)N(CCC(=O)NCc2ccco2)CCC(C)C)cn1. The molecule has 2 rings (SSSR count). The van der Waals surface area contributed by atoms with E-state index >= 15 is 0 Å². The number of hydrogen-bond acceptors (Lipinski definition) is 5. The topological polar surface area (TPSA) is 88.3 Å². The minimum atomic E-state index is -0.197. The molecule has 0 saturated heterocycles. The Morgan fingerprint density at radius 2 is 2.04 bits per heavy atom. The Hall–Kier alpha value is -2.70. The van der Waals surface area contributed by atoms with Crippen molar-refractivity contribution < 1.29 is 14.0 Å². The van der Waals surface area contributed by atoms with Crippen LogP contribution in [-0.2, 0) is 11.3 Å². The molecular formula is C19H26N4O3. The lowest BCUT2D eigenvalue weighted by molar-refractivity contribution is -0.121. The van der Waals surface area contributed by atoms with E-state index < -0.39 is 0 Å². The van der Waals surface area contributed by atoms with Crippen LogP contribution in [0.1, 0.15) is 48.6 Å². The van der Waals surface area contributed by atoms with Crippen LogP contribution in [0, 0.1) is 12.8 Å². The van der Waals surface area contributed by atoms with Gasteiger partial charge < -0.3 is 14.6 Å². The third-order valence-corrected chi connectivity index (χ3v) is 3.91. The van der Waals surface area contributed by atoms with Gasteiger partial charge in [0.05, 0.1) is 24.7 Å². The second-order valence-electron chi connectivity index (χ2n) is 6.62. The van der Waals surface area contributed by atoms with Crippen LogP contribution in [0.5, 0.6) is 0 Å². The van der Waals surface area contributed by atoms with E-state index in [4.69, 9.17) is 4.42 Å². The summed E-state index contributed by atoms with van der Waals surface area (Å²) >= 11 is 0. The molecule has 0 radical (unpaired) electrons. The van der Waals surface area contributed by atoms with Gasteiger partial charge in [0.1, 0.15) is 11.5 Å². The van der Waals surface area contributed by atoms with Gasteiger partial charge >= 0.3 is 0 Å². The molecule has 1 N–H and O–H groups in total. The first-order chi connectivity index (χ1) is 12.5. The molecule has 0 saturated carbocycles. The molecule has 0 spiro atoms. The summed E-state index contributed by atoms with van der Waals surface area (Å²) in [6.07, 6.45) is 5.71. The van der Waals surface area contributed by atoms with Crippen LogP contribution < -0.4 is 5.32 Å². The fourth-order valence-corrected chi connectivity index (χ4v) is 2.32. The highest BCUT2D eigenvalue weighted by Crippen LogP contribution is 2.08. The Balaban J connectivity index is 1.91. The quantitative estimate of drug-likeness (QED) is 0.744. The van der Waals surface area contributed by atoms with E-state index in [-0.39, 0.29) is 18.2 Å². The highest BCUT2D eigenvalue weighted by Gasteiger charge is 2.18. The first kappa shape index (κ1) is 19.6. The first-order valence-electron chi connectivity index (χ1n) is 8.82. The lowest BCUT2D eigenvalue weighted by atomic mass is 10.1. The normalized spacial score (nSPS) is 10.8. The van der Waals surface area contributed by atoms with Crippen LogP contribution in [0.2, 0.25) is 0 Å². The highest BCUT2D eigenvalue weighted by molar-refractivity contribution is 5.92. The van der Waals surface area contributed by atoms with Crippen LogP contribution in [0.25, 0.3) is 0 Å². The van der Waals surface area contributed by atoms with Crippen LogP contribution >= 0.6 is 0 Å². The zero-order chi connectivity index (χ0) is 18.9. The predicted octanol–water partition coefficient (Wildman–Crippen LogP) is 2.57. The van der Waals surface area contributed by atoms with E-state index in [9.17, 15) is 9.59 Å². The van der Waals surface area contributed by atoms with Crippen LogP contribution in [0.15, 0.2) is 35.2 Å². The third kappa shape index (κ3) is 6.31. The largest absolute Gasteiger partial charge is 0.467 e. The second kappa shape index (κ2) is 9.70. The lowest BCUT2D eigenvalue weighted by Crippen LogP contribution is -2.36. The average molecular weight is 358 g/mol. The van der Waals surface area contributed by atoms with Crippen molar-refractivity contribution in [3.63, 3.8) is 0 Å². The predicted molar refractivity (Wildman–Crippen MR) is 97.3 cm³/mol. The summed E-state index contributed by atoms with van der Waals surface area (Å²) in [6, 6.07) is 3.57. The molecule has 26 heavy (non-hydrogen) atoms. The fraction of sp³-hybridized carbons (Fsp3) is 0.474. The molecule has 2 aromatic heterocycles. The molecule has 2 amide bonds. The average Bonchev–Trinajstić information content (AvgIpc) is 3.13.